The van der Waals surface area contributed by atoms with Crippen LogP contribution in [0.4, 0.5) is 10.5 Å². The fourth-order valence-electron chi connectivity index (χ4n) is 5.48. The molecular formula is C42H69IN4O19. The molecule has 0 aliphatic carbocycles. The van der Waals surface area contributed by atoms with Gasteiger partial charge in [0.1, 0.15) is 18.5 Å². The van der Waals surface area contributed by atoms with Gasteiger partial charge in [-0.25, -0.2) is 9.69 Å². The van der Waals surface area contributed by atoms with Crippen LogP contribution in [0.3, 0.4) is 0 Å². The van der Waals surface area contributed by atoms with Gasteiger partial charge in [-0.3, -0.25) is 24.1 Å². The van der Waals surface area contributed by atoms with E-state index >= 15 is 0 Å². The third-order valence-corrected chi connectivity index (χ3v) is 9.48. The van der Waals surface area contributed by atoms with Crippen LogP contribution in [0.15, 0.2) is 18.2 Å². The number of aliphatic carboxylic acids is 1. The lowest BCUT2D eigenvalue weighted by atomic mass is 10.2. The quantitative estimate of drug-likeness (QED) is 0.0601. The zero-order chi connectivity index (χ0) is 47.9. The Morgan fingerprint density at radius 1 is 0.636 bits per heavy atom. The van der Waals surface area contributed by atoms with Gasteiger partial charge in [0.2, 0.25) is 17.7 Å². The summed E-state index contributed by atoms with van der Waals surface area (Å²) in [6.07, 6.45) is -0.893. The van der Waals surface area contributed by atoms with Crippen molar-refractivity contribution in [1.82, 2.24) is 15.5 Å². The van der Waals surface area contributed by atoms with Crippen molar-refractivity contribution in [3.63, 3.8) is 0 Å². The fraction of sp³-hybridized carbons (Fsp3) is 0.738. The maximum absolute atomic E-state index is 13.3. The summed E-state index contributed by atoms with van der Waals surface area (Å²) in [6, 6.07) is 3.09. The number of anilines is 1. The molecule has 3 N–H and O–H groups in total. The van der Waals surface area contributed by atoms with Gasteiger partial charge in [-0.1, -0.05) is 0 Å². The first-order valence-electron chi connectivity index (χ1n) is 21.8. The van der Waals surface area contributed by atoms with Gasteiger partial charge in [0.15, 0.2) is 0 Å². The molecule has 66 heavy (non-hydrogen) atoms. The van der Waals surface area contributed by atoms with Gasteiger partial charge in [-0.15, -0.1) is 0 Å². The van der Waals surface area contributed by atoms with E-state index < -0.39 is 48.9 Å². The number of rotatable bonds is 44. The molecular weight excluding hydrogens is 991 g/mol. The Kier molecular flexibility index (Phi) is 35.2. The second-order valence-corrected chi connectivity index (χ2v) is 15.0. The molecule has 0 bridgehead atoms. The van der Waals surface area contributed by atoms with Crippen molar-refractivity contribution in [2.75, 3.05) is 184 Å². The first-order chi connectivity index (χ1) is 32.2. The van der Waals surface area contributed by atoms with Gasteiger partial charge < -0.3 is 77.3 Å². The molecule has 1 aromatic rings. The van der Waals surface area contributed by atoms with E-state index in [1.165, 1.54) is 12.0 Å². The molecule has 1 aliphatic rings. The van der Waals surface area contributed by atoms with Crippen molar-refractivity contribution in [1.29, 1.82) is 0 Å². The molecule has 1 fully saturated rings. The van der Waals surface area contributed by atoms with Crippen LogP contribution in [0.1, 0.15) is 19.3 Å². The zero-order valence-electron chi connectivity index (χ0n) is 38.2. The number of benzene rings is 1. The number of carbonyl (C=O) groups is 5. The highest BCUT2D eigenvalue weighted by molar-refractivity contribution is 14.1. The lowest BCUT2D eigenvalue weighted by Gasteiger charge is -2.35. The molecule has 23 nitrogen and oxygen atoms in total. The summed E-state index contributed by atoms with van der Waals surface area (Å²) in [7, 11) is 3.09. The highest BCUT2D eigenvalue weighted by atomic mass is 127. The molecule has 378 valence electrons. The molecule has 0 aromatic heterocycles. The minimum absolute atomic E-state index is 0.00848. The summed E-state index contributed by atoms with van der Waals surface area (Å²) in [5.41, 5.74) is 0.458. The molecule has 1 aromatic carbocycles. The molecule has 0 radical (unpaired) electrons. The molecule has 1 saturated heterocycles. The molecule has 0 spiro atoms. The zero-order valence-corrected chi connectivity index (χ0v) is 40.3. The highest BCUT2D eigenvalue weighted by Gasteiger charge is 2.35. The molecule has 2 rings (SSSR count). The third kappa shape index (κ3) is 28.7. The minimum atomic E-state index is -1.46. The van der Waals surface area contributed by atoms with Crippen LogP contribution >= 0.6 is 22.6 Å². The molecule has 0 unspecified atom stereocenters. The van der Waals surface area contributed by atoms with E-state index in [2.05, 4.69) is 33.2 Å². The number of ether oxygens (including phenoxy) is 13. The number of hydrogen-bond donors (Lipinski definition) is 3. The van der Waals surface area contributed by atoms with Gasteiger partial charge in [0, 0.05) is 30.1 Å². The fourth-order valence-corrected chi connectivity index (χ4v) is 5.96. The predicted octanol–water partition coefficient (Wildman–Crippen LogP) is 0.711. The number of carbonyl (C=O) groups excluding carboxylic acids is 4. The topological polar surface area (TPSA) is 256 Å². The molecule has 1 heterocycles. The van der Waals surface area contributed by atoms with Crippen LogP contribution < -0.4 is 20.3 Å². The average Bonchev–Trinajstić information content (AvgIpc) is 3.29. The maximum atomic E-state index is 13.3. The Morgan fingerprint density at radius 2 is 1.05 bits per heavy atom. The summed E-state index contributed by atoms with van der Waals surface area (Å²) < 4.78 is 71.0. The number of hydrogen-bond acceptors (Lipinski definition) is 18. The standard InChI is InChI=1S/C42H69IN4O19/c1-54-9-10-57-13-14-59-17-18-61-21-22-63-25-26-65-29-30-66-28-27-64-24-23-62-20-19-60-16-15-58-12-11-56-8-6-38(48)45-35(32-40(50)51)41(52)44-33-47-39(49)5-7-46(42(47)53)36-31-34(43)3-4-37(36)55-2/h3-4,31,35H,5-30,32-33H2,1-2H3,(H,44,52)(H,45,48)(H,50,51)/t35-/m0/s1. The van der Waals surface area contributed by atoms with Crippen LogP contribution in [0.5, 0.6) is 5.75 Å². The number of imide groups is 1. The summed E-state index contributed by atoms with van der Waals surface area (Å²) in [4.78, 5) is 65.1. The Balaban J connectivity index is 1.37. The maximum Gasteiger partial charge on any atom is 0.332 e. The van der Waals surface area contributed by atoms with E-state index in [4.69, 9.17) is 61.6 Å². The van der Waals surface area contributed by atoms with Crippen LogP contribution in [-0.4, -0.2) is 225 Å². The van der Waals surface area contributed by atoms with Gasteiger partial charge in [0.05, 0.1) is 171 Å². The highest BCUT2D eigenvalue weighted by Crippen LogP contribution is 2.32. The van der Waals surface area contributed by atoms with Crippen LogP contribution in [0.2, 0.25) is 0 Å². The number of carboxylic acids is 1. The number of urea groups is 1. The summed E-state index contributed by atoms with van der Waals surface area (Å²) in [5, 5.41) is 14.1. The van der Waals surface area contributed by atoms with E-state index in [9.17, 15) is 29.1 Å². The molecule has 0 saturated carbocycles. The van der Waals surface area contributed by atoms with Gasteiger partial charge in [-0.05, 0) is 40.8 Å². The third-order valence-electron chi connectivity index (χ3n) is 8.81. The largest absolute Gasteiger partial charge is 0.495 e. The van der Waals surface area contributed by atoms with Crippen LogP contribution in [0.25, 0.3) is 0 Å². The second kappa shape index (κ2) is 39.6. The number of amides is 5. The van der Waals surface area contributed by atoms with E-state index in [0.717, 1.165) is 8.47 Å². The average molecular weight is 1060 g/mol. The normalized spacial score (nSPS) is 13.3. The lowest BCUT2D eigenvalue weighted by Crippen LogP contribution is -2.57. The Hall–Kier alpha value is -3.38. The first-order valence-corrected chi connectivity index (χ1v) is 22.8. The van der Waals surface area contributed by atoms with Gasteiger partial charge >= 0.3 is 12.0 Å². The monoisotopic (exact) mass is 1060 g/mol. The predicted molar refractivity (Wildman–Crippen MR) is 243 cm³/mol. The number of methoxy groups -OCH3 is 2. The molecule has 1 atom stereocenters. The van der Waals surface area contributed by atoms with Crippen molar-refractivity contribution >= 4 is 58.0 Å². The summed E-state index contributed by atoms with van der Waals surface area (Å²) in [6.45, 7) is 9.26. The number of carboxylic acid groups (broad SMARTS) is 1. The van der Waals surface area contributed by atoms with Crippen molar-refractivity contribution in [3.8, 4) is 5.75 Å². The van der Waals surface area contributed by atoms with Crippen LogP contribution in [0, 0.1) is 3.57 Å². The van der Waals surface area contributed by atoms with E-state index in [1.807, 2.05) is 0 Å². The van der Waals surface area contributed by atoms with Crippen molar-refractivity contribution in [3.05, 3.63) is 21.8 Å². The number of nitrogens with one attached hydrogen (secondary N) is 2. The van der Waals surface area contributed by atoms with Gasteiger partial charge in [0.25, 0.3) is 0 Å². The van der Waals surface area contributed by atoms with Crippen molar-refractivity contribution in [2.45, 2.75) is 25.3 Å². The van der Waals surface area contributed by atoms with E-state index in [0.29, 0.717) is 144 Å². The smallest absolute Gasteiger partial charge is 0.332 e. The minimum Gasteiger partial charge on any atom is -0.495 e. The SMILES string of the molecule is COCCOCCOCCOCCOCCOCCOCCOCCOCCOCCOCCOCCC(=O)N[C@@H](CC(=O)O)C(=O)NCN1C(=O)CCN(c2cc(I)ccc2OC)C1=O. The lowest BCUT2D eigenvalue weighted by molar-refractivity contribution is -0.141. The van der Waals surface area contributed by atoms with Gasteiger partial charge in [-0.2, -0.15) is 0 Å². The molecule has 24 heteroatoms. The Bertz CT molecular complexity index is 1480. The first kappa shape index (κ1) is 58.7. The van der Waals surface area contributed by atoms with E-state index in [1.54, 1.807) is 25.3 Å². The van der Waals surface area contributed by atoms with Crippen LogP contribution in [-0.2, 0) is 76.0 Å². The molecule has 1 aliphatic heterocycles. The number of nitrogens with zero attached hydrogens (tertiary/aromatic N) is 2. The van der Waals surface area contributed by atoms with Crippen molar-refractivity contribution in [2.24, 2.45) is 0 Å². The summed E-state index contributed by atoms with van der Waals surface area (Å²) >= 11 is 2.09. The number of halogens is 1. The molecule has 5 amide bonds. The summed E-state index contributed by atoms with van der Waals surface area (Å²) in [5.74, 6) is -2.94. The Labute approximate surface area is 400 Å². The van der Waals surface area contributed by atoms with E-state index in [-0.39, 0.29) is 39.2 Å². The second-order valence-electron chi connectivity index (χ2n) is 13.7. The Morgan fingerprint density at radius 3 is 1.44 bits per heavy atom. The van der Waals surface area contributed by atoms with Crippen molar-refractivity contribution < 1.29 is 90.7 Å².